The van der Waals surface area contributed by atoms with Gasteiger partial charge in [0.25, 0.3) is 0 Å². The van der Waals surface area contributed by atoms with Crippen LogP contribution in [0.4, 0.5) is 0 Å². The van der Waals surface area contributed by atoms with E-state index in [0.29, 0.717) is 52.9 Å². The van der Waals surface area contributed by atoms with E-state index in [0.717, 1.165) is 49.9 Å². The van der Waals surface area contributed by atoms with Crippen molar-refractivity contribution in [2.75, 3.05) is 32.8 Å². The molecular weight excluding hydrogens is 518 g/mol. The lowest BCUT2D eigenvalue weighted by molar-refractivity contribution is -0.923. The molecule has 0 radical (unpaired) electrons. The van der Waals surface area contributed by atoms with Crippen LogP contribution in [0.2, 0.25) is 0 Å². The van der Waals surface area contributed by atoms with Crippen LogP contribution in [-0.4, -0.2) is 54.4 Å². The van der Waals surface area contributed by atoms with E-state index in [1.54, 1.807) is 0 Å². The summed E-state index contributed by atoms with van der Waals surface area (Å²) in [6.45, 7) is 29.2. The third kappa shape index (κ3) is 4.44. The SMILES string of the molecule is CC[N+](CC)(CC)CCOC(=O)[C@]12CC[C@@H](C(C)C)[C@@H]1C1CCC3[C@@]4(C)CC[C@H](O)C(C)(C)C4CC[C@@]3(C)[C@]1(C)CC2. The number of aliphatic hydroxyl groups is 1. The van der Waals surface area contributed by atoms with Gasteiger partial charge in [0.2, 0.25) is 0 Å². The number of carbonyl (C=O) groups is 1. The highest BCUT2D eigenvalue weighted by Gasteiger charge is 2.72. The average molecular weight is 587 g/mol. The lowest BCUT2D eigenvalue weighted by atomic mass is 9.32. The van der Waals surface area contributed by atoms with Gasteiger partial charge in [0.1, 0.15) is 13.2 Å². The number of nitrogens with zero attached hydrogens (tertiary/aromatic N) is 1. The average Bonchev–Trinajstić information content (AvgIpc) is 3.35. The van der Waals surface area contributed by atoms with Crippen molar-refractivity contribution in [2.45, 2.75) is 140 Å². The van der Waals surface area contributed by atoms with E-state index in [9.17, 15) is 9.90 Å². The Hall–Kier alpha value is -0.610. The van der Waals surface area contributed by atoms with Crippen molar-refractivity contribution < 1.29 is 19.1 Å². The zero-order valence-corrected chi connectivity index (χ0v) is 29.4. The normalized spacial score (nSPS) is 46.4. The van der Waals surface area contributed by atoms with Gasteiger partial charge in [0.15, 0.2) is 0 Å². The zero-order valence-electron chi connectivity index (χ0n) is 29.4. The first-order valence-electron chi connectivity index (χ1n) is 18.3. The number of aliphatic hydroxyl groups excluding tert-OH is 1. The van der Waals surface area contributed by atoms with Crippen LogP contribution in [0.3, 0.4) is 0 Å². The molecule has 0 saturated heterocycles. The Bertz CT molecular complexity index is 994. The number of ether oxygens (including phenoxy) is 1. The highest BCUT2D eigenvalue weighted by Crippen LogP contribution is 2.77. The lowest BCUT2D eigenvalue weighted by Crippen LogP contribution is -2.67. The first-order valence-corrected chi connectivity index (χ1v) is 18.3. The molecule has 4 heteroatoms. The summed E-state index contributed by atoms with van der Waals surface area (Å²) < 4.78 is 7.40. The van der Waals surface area contributed by atoms with Crippen LogP contribution in [0.25, 0.3) is 0 Å². The van der Waals surface area contributed by atoms with Gasteiger partial charge in [-0.05, 0) is 142 Å². The summed E-state index contributed by atoms with van der Waals surface area (Å²) in [5, 5.41) is 11.1. The molecule has 5 rings (SSSR count). The molecule has 0 heterocycles. The van der Waals surface area contributed by atoms with Gasteiger partial charge in [-0.25, -0.2) is 0 Å². The minimum atomic E-state index is -0.277. The molecule has 0 spiro atoms. The number of carbonyl (C=O) groups excluding carboxylic acids is 1. The van der Waals surface area contributed by atoms with Gasteiger partial charge in [-0.3, -0.25) is 4.79 Å². The molecule has 0 amide bonds. The van der Waals surface area contributed by atoms with Crippen LogP contribution in [0, 0.1) is 62.6 Å². The summed E-state index contributed by atoms with van der Waals surface area (Å²) in [7, 11) is 0. The molecule has 5 fully saturated rings. The molecule has 5 aliphatic carbocycles. The second kappa shape index (κ2) is 11.0. The number of hydrogen-bond donors (Lipinski definition) is 1. The van der Waals surface area contributed by atoms with Gasteiger partial charge in [0, 0.05) is 0 Å². The van der Waals surface area contributed by atoms with Crippen LogP contribution in [0.15, 0.2) is 0 Å². The van der Waals surface area contributed by atoms with Crippen molar-refractivity contribution in [1.82, 2.24) is 0 Å². The van der Waals surface area contributed by atoms with Crippen molar-refractivity contribution in [3.8, 4) is 0 Å². The molecule has 0 aromatic heterocycles. The molecule has 42 heavy (non-hydrogen) atoms. The van der Waals surface area contributed by atoms with E-state index in [2.05, 4.69) is 69.2 Å². The monoisotopic (exact) mass is 587 g/mol. The summed E-state index contributed by atoms with van der Waals surface area (Å²) >= 11 is 0. The van der Waals surface area contributed by atoms with E-state index in [1.807, 2.05) is 0 Å². The Labute approximate surface area is 259 Å². The molecule has 0 aliphatic heterocycles. The van der Waals surface area contributed by atoms with E-state index in [4.69, 9.17) is 4.74 Å². The molecule has 0 aromatic carbocycles. The number of rotatable bonds is 8. The second-order valence-electron chi connectivity index (χ2n) is 17.8. The lowest BCUT2D eigenvalue weighted by Gasteiger charge is -2.72. The molecule has 0 aromatic rings. The largest absolute Gasteiger partial charge is 0.459 e. The number of quaternary nitrogens is 1. The number of esters is 1. The Balaban J connectivity index is 1.44. The number of fused-ring (bicyclic) bond motifs is 7. The second-order valence-corrected chi connectivity index (χ2v) is 17.8. The van der Waals surface area contributed by atoms with Crippen molar-refractivity contribution in [3.63, 3.8) is 0 Å². The molecule has 3 unspecified atom stereocenters. The Morgan fingerprint density at radius 2 is 1.48 bits per heavy atom. The molecule has 5 aliphatic rings. The summed E-state index contributed by atoms with van der Waals surface area (Å²) in [4.78, 5) is 14.4. The zero-order chi connectivity index (χ0) is 30.9. The summed E-state index contributed by atoms with van der Waals surface area (Å²) in [5.41, 5.74) is 0.567. The van der Waals surface area contributed by atoms with Gasteiger partial charge < -0.3 is 14.3 Å². The third-order valence-electron chi connectivity index (χ3n) is 16.5. The van der Waals surface area contributed by atoms with E-state index in [1.165, 1.54) is 44.9 Å². The van der Waals surface area contributed by atoms with Crippen LogP contribution >= 0.6 is 0 Å². The molecule has 5 saturated carbocycles. The van der Waals surface area contributed by atoms with Crippen molar-refractivity contribution in [2.24, 2.45) is 62.6 Å². The van der Waals surface area contributed by atoms with Gasteiger partial charge in [0.05, 0.1) is 31.2 Å². The van der Waals surface area contributed by atoms with Crippen molar-refractivity contribution in [3.05, 3.63) is 0 Å². The molecule has 10 atom stereocenters. The van der Waals surface area contributed by atoms with Crippen LogP contribution in [0.5, 0.6) is 0 Å². The van der Waals surface area contributed by atoms with Gasteiger partial charge in [-0.15, -0.1) is 0 Å². The molecule has 1 N–H and O–H groups in total. The van der Waals surface area contributed by atoms with Crippen LogP contribution in [-0.2, 0) is 9.53 Å². The maximum Gasteiger partial charge on any atom is 0.312 e. The van der Waals surface area contributed by atoms with Crippen molar-refractivity contribution in [1.29, 1.82) is 0 Å². The highest BCUT2D eigenvalue weighted by atomic mass is 16.5. The first kappa shape index (κ1) is 32.8. The molecule has 242 valence electrons. The molecular formula is C38H68NO3+. The van der Waals surface area contributed by atoms with Crippen molar-refractivity contribution >= 4 is 5.97 Å². The van der Waals surface area contributed by atoms with E-state index < -0.39 is 0 Å². The quantitative estimate of drug-likeness (QED) is 0.229. The number of hydrogen-bond acceptors (Lipinski definition) is 3. The summed E-state index contributed by atoms with van der Waals surface area (Å²) in [6.07, 6.45) is 11.5. The summed E-state index contributed by atoms with van der Waals surface area (Å²) in [5.74, 6) is 3.75. The third-order valence-corrected chi connectivity index (χ3v) is 16.5. The predicted octanol–water partition coefficient (Wildman–Crippen LogP) is 8.50. The Morgan fingerprint density at radius 3 is 2.10 bits per heavy atom. The fourth-order valence-electron chi connectivity index (χ4n) is 13.4. The number of likely N-dealkylation sites (N-methyl/N-ethyl adjacent to an activating group) is 1. The summed E-state index contributed by atoms with van der Waals surface area (Å²) in [6, 6.07) is 0. The topological polar surface area (TPSA) is 46.5 Å². The first-order chi connectivity index (χ1) is 19.6. The van der Waals surface area contributed by atoms with E-state index in [-0.39, 0.29) is 28.3 Å². The van der Waals surface area contributed by atoms with E-state index >= 15 is 0 Å². The van der Waals surface area contributed by atoms with Gasteiger partial charge in [-0.2, -0.15) is 0 Å². The smallest absolute Gasteiger partial charge is 0.312 e. The minimum absolute atomic E-state index is 0.00458. The highest BCUT2D eigenvalue weighted by molar-refractivity contribution is 5.78. The molecule has 4 nitrogen and oxygen atoms in total. The van der Waals surface area contributed by atoms with Crippen LogP contribution < -0.4 is 0 Å². The van der Waals surface area contributed by atoms with Crippen LogP contribution in [0.1, 0.15) is 133 Å². The maximum absolute atomic E-state index is 14.4. The molecule has 0 bridgehead atoms. The fraction of sp³-hybridized carbons (Fsp3) is 0.974. The Morgan fingerprint density at radius 1 is 0.810 bits per heavy atom. The van der Waals surface area contributed by atoms with Gasteiger partial charge in [-0.1, -0.05) is 48.5 Å². The Kier molecular flexibility index (Phi) is 8.60. The maximum atomic E-state index is 14.4. The minimum Gasteiger partial charge on any atom is -0.459 e. The standard InChI is InChI=1S/C38H68NO3/c1-11-39(12-2,13-3)24-25-42-33(41)38-21-16-27(26(4)5)32(38)28-14-15-30-35(8)19-18-31(40)34(6,7)29(35)17-20-37(30,10)36(28,9)22-23-38/h26-32,40H,11-25H2,1-10H3/q+1/t27-,28?,29?,30?,31-,32+,35-,36+,37+,38-/m0/s1. The van der Waals surface area contributed by atoms with Gasteiger partial charge >= 0.3 is 5.97 Å². The fourth-order valence-corrected chi connectivity index (χ4v) is 13.4. The predicted molar refractivity (Wildman–Crippen MR) is 173 cm³/mol.